The van der Waals surface area contributed by atoms with E-state index in [4.69, 9.17) is 9.47 Å². The van der Waals surface area contributed by atoms with Gasteiger partial charge in [0.1, 0.15) is 6.29 Å². The Morgan fingerprint density at radius 3 is 2.45 bits per heavy atom. The van der Waals surface area contributed by atoms with Crippen molar-refractivity contribution in [3.63, 3.8) is 0 Å². The van der Waals surface area contributed by atoms with Crippen LogP contribution in [0.3, 0.4) is 0 Å². The van der Waals surface area contributed by atoms with Gasteiger partial charge in [-0.2, -0.15) is 0 Å². The molecule has 0 spiro atoms. The van der Waals surface area contributed by atoms with Crippen molar-refractivity contribution in [1.29, 1.82) is 0 Å². The summed E-state index contributed by atoms with van der Waals surface area (Å²) in [5.74, 6) is -1.01. The molecule has 20 heavy (non-hydrogen) atoms. The highest BCUT2D eigenvalue weighted by Crippen LogP contribution is 2.29. The van der Waals surface area contributed by atoms with E-state index >= 15 is 0 Å². The number of ether oxygens (including phenoxy) is 2. The number of ketones is 2. The Kier molecular flexibility index (Phi) is 3.79. The van der Waals surface area contributed by atoms with E-state index in [0.717, 1.165) is 6.08 Å². The smallest absolute Gasteiger partial charge is 0.232 e. The van der Waals surface area contributed by atoms with E-state index in [1.165, 1.54) is 20.3 Å². The Labute approximate surface area is 115 Å². The number of hydrogen-bond acceptors (Lipinski definition) is 5. The van der Waals surface area contributed by atoms with Crippen molar-refractivity contribution in [2.75, 3.05) is 14.2 Å². The monoisotopic (exact) mass is 272 g/mol. The molecule has 0 N–H and O–H groups in total. The summed E-state index contributed by atoms with van der Waals surface area (Å²) in [6.45, 7) is 0. The van der Waals surface area contributed by atoms with E-state index in [1.807, 2.05) is 0 Å². The quantitative estimate of drug-likeness (QED) is 0.614. The number of carbonyl (C=O) groups excluding carboxylic acids is 3. The second-order valence-electron chi connectivity index (χ2n) is 4.06. The molecule has 1 aliphatic carbocycles. The molecular weight excluding hydrogens is 260 g/mol. The van der Waals surface area contributed by atoms with E-state index in [-0.39, 0.29) is 17.1 Å². The lowest BCUT2D eigenvalue weighted by Gasteiger charge is -2.17. The van der Waals surface area contributed by atoms with Gasteiger partial charge in [-0.05, 0) is 11.6 Å². The lowest BCUT2D eigenvalue weighted by atomic mass is 9.92. The largest absolute Gasteiger partial charge is 0.492 e. The number of methoxy groups -OCH3 is 2. The fourth-order valence-corrected chi connectivity index (χ4v) is 1.98. The van der Waals surface area contributed by atoms with Crippen LogP contribution in [-0.2, 0) is 19.1 Å². The van der Waals surface area contributed by atoms with Gasteiger partial charge in [0.2, 0.25) is 11.6 Å². The Bertz CT molecular complexity index is 652. The van der Waals surface area contributed by atoms with Crippen LogP contribution in [0, 0.1) is 0 Å². The van der Waals surface area contributed by atoms with Crippen molar-refractivity contribution in [2.45, 2.75) is 0 Å². The summed E-state index contributed by atoms with van der Waals surface area (Å²) < 4.78 is 9.93. The molecule has 1 aromatic carbocycles. The lowest BCUT2D eigenvalue weighted by molar-refractivity contribution is -0.118. The van der Waals surface area contributed by atoms with Crippen LogP contribution < -0.4 is 0 Å². The van der Waals surface area contributed by atoms with Crippen LogP contribution in [0.5, 0.6) is 0 Å². The molecule has 0 atom stereocenters. The lowest BCUT2D eigenvalue weighted by Crippen LogP contribution is -2.20. The second-order valence-corrected chi connectivity index (χ2v) is 4.06. The minimum absolute atomic E-state index is 0.0534. The molecule has 0 amide bonds. The fourth-order valence-electron chi connectivity index (χ4n) is 1.98. The summed E-state index contributed by atoms with van der Waals surface area (Å²) in [6.07, 6.45) is 1.76. The molecule has 0 aliphatic heterocycles. The molecule has 5 heteroatoms. The molecule has 2 rings (SSSR count). The zero-order valence-corrected chi connectivity index (χ0v) is 11.0. The second kappa shape index (κ2) is 5.52. The van der Waals surface area contributed by atoms with Crippen molar-refractivity contribution in [1.82, 2.24) is 0 Å². The van der Waals surface area contributed by atoms with E-state index in [9.17, 15) is 14.4 Å². The molecule has 0 saturated carbocycles. The van der Waals surface area contributed by atoms with Crippen LogP contribution in [0.2, 0.25) is 0 Å². The SMILES string of the molecule is COC1=CC(=O)C(OC)=C(c2cccc(C=O)c2)C1=O. The van der Waals surface area contributed by atoms with Gasteiger partial charge in [-0.25, -0.2) is 0 Å². The van der Waals surface area contributed by atoms with Gasteiger partial charge < -0.3 is 9.47 Å². The van der Waals surface area contributed by atoms with Gasteiger partial charge in [-0.1, -0.05) is 18.2 Å². The van der Waals surface area contributed by atoms with Gasteiger partial charge in [0.05, 0.1) is 19.8 Å². The van der Waals surface area contributed by atoms with Crippen LogP contribution >= 0.6 is 0 Å². The van der Waals surface area contributed by atoms with Gasteiger partial charge in [-0.15, -0.1) is 0 Å². The molecule has 0 saturated heterocycles. The predicted octanol–water partition coefficient (Wildman–Crippen LogP) is 1.54. The van der Waals surface area contributed by atoms with Crippen molar-refractivity contribution in [2.24, 2.45) is 0 Å². The van der Waals surface area contributed by atoms with Gasteiger partial charge in [0.15, 0.2) is 11.5 Å². The maximum Gasteiger partial charge on any atom is 0.232 e. The first-order chi connectivity index (χ1) is 9.62. The highest BCUT2D eigenvalue weighted by atomic mass is 16.5. The molecular formula is C15H12O5. The minimum Gasteiger partial charge on any atom is -0.492 e. The Balaban J connectivity index is 2.63. The zero-order chi connectivity index (χ0) is 14.7. The third kappa shape index (κ3) is 2.25. The summed E-state index contributed by atoms with van der Waals surface area (Å²) in [7, 11) is 2.63. The molecule has 0 aromatic heterocycles. The number of rotatable bonds is 4. The number of Topliss-reactive ketones (excluding diaryl/α,β-unsaturated/α-hetero) is 1. The Hall–Kier alpha value is -2.69. The van der Waals surface area contributed by atoms with Crippen LogP contribution in [0.15, 0.2) is 41.9 Å². The van der Waals surface area contributed by atoms with Crippen molar-refractivity contribution < 1.29 is 23.9 Å². The first kappa shape index (κ1) is 13.7. The number of hydrogen-bond donors (Lipinski definition) is 0. The van der Waals surface area contributed by atoms with Gasteiger partial charge in [0, 0.05) is 11.6 Å². The summed E-state index contributed by atoms with van der Waals surface area (Å²) >= 11 is 0. The molecule has 0 heterocycles. The van der Waals surface area contributed by atoms with E-state index in [1.54, 1.807) is 18.2 Å². The van der Waals surface area contributed by atoms with Crippen molar-refractivity contribution in [3.8, 4) is 0 Å². The van der Waals surface area contributed by atoms with Crippen molar-refractivity contribution >= 4 is 23.4 Å². The summed E-state index contributed by atoms with van der Waals surface area (Å²) in [5.41, 5.74) is 0.937. The number of aldehydes is 1. The molecule has 0 bridgehead atoms. The van der Waals surface area contributed by atoms with E-state index in [2.05, 4.69) is 0 Å². The average molecular weight is 272 g/mol. The van der Waals surface area contributed by atoms with Gasteiger partial charge in [-0.3, -0.25) is 14.4 Å². The van der Waals surface area contributed by atoms with Crippen LogP contribution in [0.4, 0.5) is 0 Å². The number of allylic oxidation sites excluding steroid dienone is 2. The molecule has 102 valence electrons. The third-order valence-corrected chi connectivity index (χ3v) is 2.90. The summed E-state index contributed by atoms with van der Waals surface area (Å²) in [6, 6.07) is 6.38. The van der Waals surface area contributed by atoms with Gasteiger partial charge in [0.25, 0.3) is 0 Å². The molecule has 0 fully saturated rings. The summed E-state index contributed by atoms with van der Waals surface area (Å²) in [5, 5.41) is 0. The van der Waals surface area contributed by atoms with Crippen LogP contribution in [0.25, 0.3) is 5.57 Å². The first-order valence-electron chi connectivity index (χ1n) is 5.81. The normalized spacial score (nSPS) is 15.0. The first-order valence-corrected chi connectivity index (χ1v) is 5.81. The number of benzene rings is 1. The van der Waals surface area contributed by atoms with Crippen LogP contribution in [0.1, 0.15) is 15.9 Å². The highest BCUT2D eigenvalue weighted by molar-refractivity contribution is 6.36. The topological polar surface area (TPSA) is 69.7 Å². The number of carbonyl (C=O) groups is 3. The summed E-state index contributed by atoms with van der Waals surface area (Å²) in [4.78, 5) is 35.0. The molecule has 0 radical (unpaired) electrons. The third-order valence-electron chi connectivity index (χ3n) is 2.90. The Morgan fingerprint density at radius 1 is 1.10 bits per heavy atom. The predicted molar refractivity (Wildman–Crippen MR) is 70.9 cm³/mol. The van der Waals surface area contributed by atoms with E-state index in [0.29, 0.717) is 17.4 Å². The average Bonchev–Trinajstić information content (AvgIpc) is 2.48. The van der Waals surface area contributed by atoms with Crippen molar-refractivity contribution in [3.05, 3.63) is 53.0 Å². The maximum absolute atomic E-state index is 12.3. The zero-order valence-electron chi connectivity index (χ0n) is 11.0. The maximum atomic E-state index is 12.3. The molecule has 5 nitrogen and oxygen atoms in total. The molecule has 1 aromatic rings. The Morgan fingerprint density at radius 2 is 1.85 bits per heavy atom. The minimum atomic E-state index is -0.452. The standard InChI is InChI=1S/C15H12O5/c1-19-12-7-11(17)15(20-2)13(14(12)18)10-5-3-4-9(6-10)8-16/h3-8H,1-2H3. The van der Waals surface area contributed by atoms with E-state index < -0.39 is 11.6 Å². The van der Waals surface area contributed by atoms with Gasteiger partial charge >= 0.3 is 0 Å². The highest BCUT2D eigenvalue weighted by Gasteiger charge is 2.31. The molecule has 0 unspecified atom stereocenters. The molecule has 1 aliphatic rings. The van der Waals surface area contributed by atoms with Crippen LogP contribution in [-0.4, -0.2) is 32.1 Å². The fraction of sp³-hybridized carbons (Fsp3) is 0.133.